The first kappa shape index (κ1) is 20.6. The normalized spacial score (nSPS) is 19.4. The van der Waals surface area contributed by atoms with Crippen LogP contribution < -0.4 is 4.74 Å². The van der Waals surface area contributed by atoms with Gasteiger partial charge in [0.2, 0.25) is 0 Å². The van der Waals surface area contributed by atoms with Gasteiger partial charge in [0.05, 0.1) is 0 Å². The van der Waals surface area contributed by atoms with Crippen LogP contribution in [0.3, 0.4) is 0 Å². The van der Waals surface area contributed by atoms with Crippen LogP contribution in [0.25, 0.3) is 11.1 Å². The topological polar surface area (TPSA) is 26.3 Å². The van der Waals surface area contributed by atoms with Gasteiger partial charge >= 0.3 is 5.97 Å². The van der Waals surface area contributed by atoms with E-state index in [0.717, 1.165) is 36.7 Å². The molecule has 0 heterocycles. The standard InChI is InChI=1S/C26H34O2/c1-3-5-6-7-26(27)28-25-18-16-24(17-19-25)23-14-12-22(13-15-23)21-10-8-20(4-2)9-11-21/h12-21H,3-11H2,1-2H3. The van der Waals surface area contributed by atoms with E-state index in [1.807, 2.05) is 24.3 Å². The second-order valence-corrected chi connectivity index (χ2v) is 8.20. The van der Waals surface area contributed by atoms with Crippen molar-refractivity contribution < 1.29 is 9.53 Å². The van der Waals surface area contributed by atoms with E-state index in [4.69, 9.17) is 4.74 Å². The number of ether oxygens (including phenoxy) is 1. The lowest BCUT2D eigenvalue weighted by Crippen LogP contribution is -2.12. The quantitative estimate of drug-likeness (QED) is 0.270. The number of hydrogen-bond donors (Lipinski definition) is 0. The van der Waals surface area contributed by atoms with Gasteiger partial charge in [-0.1, -0.05) is 69.5 Å². The highest BCUT2D eigenvalue weighted by molar-refractivity contribution is 5.73. The predicted octanol–water partition coefficient (Wildman–Crippen LogP) is 7.52. The summed E-state index contributed by atoms with van der Waals surface area (Å²) in [5, 5.41) is 0. The van der Waals surface area contributed by atoms with Crippen LogP contribution in [0.15, 0.2) is 48.5 Å². The number of benzene rings is 2. The highest BCUT2D eigenvalue weighted by Gasteiger charge is 2.21. The van der Waals surface area contributed by atoms with Gasteiger partial charge in [-0.05, 0) is 72.8 Å². The molecule has 0 amide bonds. The summed E-state index contributed by atoms with van der Waals surface area (Å²) in [6.07, 6.45) is 10.3. The molecule has 1 fully saturated rings. The Morgan fingerprint density at radius 3 is 2.04 bits per heavy atom. The summed E-state index contributed by atoms with van der Waals surface area (Å²) in [5.74, 6) is 2.17. The molecule has 0 radical (unpaired) electrons. The molecule has 0 N–H and O–H groups in total. The average Bonchev–Trinajstić information content (AvgIpc) is 2.75. The van der Waals surface area contributed by atoms with E-state index in [-0.39, 0.29) is 5.97 Å². The summed E-state index contributed by atoms with van der Waals surface area (Å²) >= 11 is 0. The Balaban J connectivity index is 1.56. The van der Waals surface area contributed by atoms with Crippen molar-refractivity contribution in [1.82, 2.24) is 0 Å². The number of esters is 1. The summed E-state index contributed by atoms with van der Waals surface area (Å²) in [5.41, 5.74) is 3.86. The van der Waals surface area contributed by atoms with Crippen LogP contribution in [0, 0.1) is 5.92 Å². The summed E-state index contributed by atoms with van der Waals surface area (Å²) in [6, 6.07) is 16.9. The van der Waals surface area contributed by atoms with Crippen LogP contribution in [0.2, 0.25) is 0 Å². The van der Waals surface area contributed by atoms with Crippen molar-refractivity contribution >= 4 is 5.97 Å². The second kappa shape index (κ2) is 10.5. The molecule has 0 spiro atoms. The molecule has 0 saturated heterocycles. The van der Waals surface area contributed by atoms with Gasteiger partial charge in [0, 0.05) is 6.42 Å². The first-order chi connectivity index (χ1) is 13.7. The van der Waals surface area contributed by atoms with Crippen molar-refractivity contribution in [2.45, 2.75) is 77.6 Å². The lowest BCUT2D eigenvalue weighted by Gasteiger charge is -2.28. The fraction of sp³-hybridized carbons (Fsp3) is 0.500. The number of hydrogen-bond acceptors (Lipinski definition) is 2. The Morgan fingerprint density at radius 1 is 0.857 bits per heavy atom. The zero-order valence-electron chi connectivity index (χ0n) is 17.5. The maximum atomic E-state index is 11.8. The molecular formula is C26H34O2. The van der Waals surface area contributed by atoms with Gasteiger partial charge in [0.15, 0.2) is 0 Å². The van der Waals surface area contributed by atoms with Crippen molar-refractivity contribution in [3.05, 3.63) is 54.1 Å². The zero-order valence-corrected chi connectivity index (χ0v) is 17.5. The van der Waals surface area contributed by atoms with Crippen molar-refractivity contribution in [3.8, 4) is 16.9 Å². The molecule has 150 valence electrons. The molecule has 0 bridgehead atoms. The third kappa shape index (κ3) is 5.70. The molecule has 0 aliphatic heterocycles. The summed E-state index contributed by atoms with van der Waals surface area (Å²) in [6.45, 7) is 4.45. The maximum absolute atomic E-state index is 11.8. The first-order valence-electron chi connectivity index (χ1n) is 11.1. The molecule has 1 aliphatic rings. The van der Waals surface area contributed by atoms with E-state index in [1.165, 1.54) is 43.2 Å². The predicted molar refractivity (Wildman–Crippen MR) is 117 cm³/mol. The fourth-order valence-corrected chi connectivity index (χ4v) is 4.27. The molecular weight excluding hydrogens is 344 g/mol. The second-order valence-electron chi connectivity index (χ2n) is 8.20. The van der Waals surface area contributed by atoms with Crippen LogP contribution in [0.4, 0.5) is 0 Å². The van der Waals surface area contributed by atoms with Crippen LogP contribution in [-0.4, -0.2) is 5.97 Å². The lowest BCUT2D eigenvalue weighted by molar-refractivity contribution is -0.134. The van der Waals surface area contributed by atoms with Gasteiger partial charge in [0.25, 0.3) is 0 Å². The number of carbonyl (C=O) groups excluding carboxylic acids is 1. The van der Waals surface area contributed by atoms with Crippen molar-refractivity contribution in [2.75, 3.05) is 0 Å². The summed E-state index contributed by atoms with van der Waals surface area (Å²) in [4.78, 5) is 11.8. The molecule has 1 aliphatic carbocycles. The summed E-state index contributed by atoms with van der Waals surface area (Å²) in [7, 11) is 0. The van der Waals surface area contributed by atoms with Crippen LogP contribution in [0.1, 0.15) is 83.1 Å². The van der Waals surface area contributed by atoms with E-state index >= 15 is 0 Å². The van der Waals surface area contributed by atoms with Gasteiger partial charge in [-0.15, -0.1) is 0 Å². The molecule has 1 saturated carbocycles. The molecule has 2 aromatic rings. The Morgan fingerprint density at radius 2 is 1.46 bits per heavy atom. The minimum atomic E-state index is -0.136. The molecule has 2 nitrogen and oxygen atoms in total. The zero-order chi connectivity index (χ0) is 19.8. The number of carbonyl (C=O) groups is 1. The molecule has 28 heavy (non-hydrogen) atoms. The third-order valence-electron chi connectivity index (χ3n) is 6.21. The number of rotatable bonds is 8. The van der Waals surface area contributed by atoms with Gasteiger partial charge in [-0.25, -0.2) is 0 Å². The van der Waals surface area contributed by atoms with Gasteiger partial charge in [-0.2, -0.15) is 0 Å². The van der Waals surface area contributed by atoms with Crippen LogP contribution in [-0.2, 0) is 4.79 Å². The van der Waals surface area contributed by atoms with Crippen LogP contribution >= 0.6 is 0 Å². The average molecular weight is 379 g/mol. The summed E-state index contributed by atoms with van der Waals surface area (Å²) < 4.78 is 5.43. The lowest BCUT2D eigenvalue weighted by atomic mass is 9.77. The minimum absolute atomic E-state index is 0.136. The van der Waals surface area contributed by atoms with Crippen molar-refractivity contribution in [2.24, 2.45) is 5.92 Å². The van der Waals surface area contributed by atoms with E-state index in [1.54, 1.807) is 0 Å². The van der Waals surface area contributed by atoms with Crippen molar-refractivity contribution in [3.63, 3.8) is 0 Å². The molecule has 0 unspecified atom stereocenters. The highest BCUT2D eigenvalue weighted by Crippen LogP contribution is 2.37. The van der Waals surface area contributed by atoms with Crippen LogP contribution in [0.5, 0.6) is 5.75 Å². The molecule has 0 aromatic heterocycles. The van der Waals surface area contributed by atoms with E-state index in [9.17, 15) is 4.79 Å². The largest absolute Gasteiger partial charge is 0.427 e. The maximum Gasteiger partial charge on any atom is 0.311 e. The van der Waals surface area contributed by atoms with E-state index in [0.29, 0.717) is 12.2 Å². The molecule has 3 rings (SSSR count). The van der Waals surface area contributed by atoms with Gasteiger partial charge in [0.1, 0.15) is 5.75 Å². The molecule has 2 heteroatoms. The Bertz CT molecular complexity index is 722. The van der Waals surface area contributed by atoms with Gasteiger partial charge in [-0.3, -0.25) is 4.79 Å². The number of unbranched alkanes of at least 4 members (excludes halogenated alkanes) is 2. The highest BCUT2D eigenvalue weighted by atomic mass is 16.5. The van der Waals surface area contributed by atoms with Gasteiger partial charge < -0.3 is 4.74 Å². The molecule has 0 atom stereocenters. The Hall–Kier alpha value is -2.09. The fourth-order valence-electron chi connectivity index (χ4n) is 4.27. The smallest absolute Gasteiger partial charge is 0.311 e. The monoisotopic (exact) mass is 378 g/mol. The SMILES string of the molecule is CCCCCC(=O)Oc1ccc(-c2ccc(C3CCC(CC)CC3)cc2)cc1. The molecule has 2 aromatic carbocycles. The van der Waals surface area contributed by atoms with E-state index < -0.39 is 0 Å². The first-order valence-corrected chi connectivity index (χ1v) is 11.1. The Kier molecular flexibility index (Phi) is 7.71. The Labute approximate surface area is 170 Å². The minimum Gasteiger partial charge on any atom is -0.427 e. The third-order valence-corrected chi connectivity index (χ3v) is 6.21. The van der Waals surface area contributed by atoms with E-state index in [2.05, 4.69) is 38.1 Å². The van der Waals surface area contributed by atoms with Crippen molar-refractivity contribution in [1.29, 1.82) is 0 Å².